The minimum Gasteiger partial charge on any atom is -0.481 e. The highest BCUT2D eigenvalue weighted by molar-refractivity contribution is 5.70. The molecule has 0 aromatic heterocycles. The average Bonchev–Trinajstić information content (AvgIpc) is 2.81. The van der Waals surface area contributed by atoms with Crippen molar-refractivity contribution in [3.63, 3.8) is 0 Å². The van der Waals surface area contributed by atoms with Gasteiger partial charge in [0.1, 0.15) is 0 Å². The van der Waals surface area contributed by atoms with Gasteiger partial charge in [-0.2, -0.15) is 0 Å². The first-order valence-corrected chi connectivity index (χ1v) is 11.7. The van der Waals surface area contributed by atoms with Crippen molar-refractivity contribution in [2.24, 2.45) is 0 Å². The van der Waals surface area contributed by atoms with Gasteiger partial charge >= 0.3 is 5.97 Å². The second kappa shape index (κ2) is 12.7. The summed E-state index contributed by atoms with van der Waals surface area (Å²) in [4.78, 5) is 10.5. The number of aryl methyl sites for hydroxylation is 1. The third-order valence-corrected chi connectivity index (χ3v) is 5.89. The number of hydrogen-bond acceptors (Lipinski definition) is 1. The summed E-state index contributed by atoms with van der Waals surface area (Å²) < 4.78 is 0. The Balaban J connectivity index is 1.34. The molecule has 0 aliphatic carbocycles. The highest BCUT2D eigenvalue weighted by Crippen LogP contribution is 2.25. The van der Waals surface area contributed by atoms with Crippen molar-refractivity contribution in [3.05, 3.63) is 84.4 Å². The standard InChI is InChI=1S/C29H34O2/c30-29(31)15-11-6-4-2-1-3-5-8-12-24-16-18-26(19-17-24)28-22-20-27(21-23-28)25-13-9-7-10-14-25/h7,9-10,13-14,16-23H,1-6,8,11-12,15H2,(H,30,31). The van der Waals surface area contributed by atoms with Crippen molar-refractivity contribution in [1.29, 1.82) is 0 Å². The molecule has 0 saturated heterocycles. The fourth-order valence-corrected chi connectivity index (χ4v) is 4.02. The Morgan fingerprint density at radius 2 is 0.935 bits per heavy atom. The molecule has 0 spiro atoms. The maximum Gasteiger partial charge on any atom is 0.303 e. The molecule has 0 heterocycles. The maximum absolute atomic E-state index is 10.5. The quantitative estimate of drug-likeness (QED) is 0.286. The van der Waals surface area contributed by atoms with Crippen LogP contribution in [0.25, 0.3) is 22.3 Å². The third-order valence-electron chi connectivity index (χ3n) is 5.89. The van der Waals surface area contributed by atoms with Gasteiger partial charge in [0.2, 0.25) is 0 Å². The van der Waals surface area contributed by atoms with Crippen LogP contribution < -0.4 is 0 Å². The molecule has 3 aromatic rings. The lowest BCUT2D eigenvalue weighted by Crippen LogP contribution is -1.93. The van der Waals surface area contributed by atoms with E-state index < -0.39 is 5.97 Å². The Hall–Kier alpha value is -2.87. The van der Waals surface area contributed by atoms with Crippen LogP contribution in [0.4, 0.5) is 0 Å². The molecule has 0 unspecified atom stereocenters. The third kappa shape index (κ3) is 8.05. The largest absolute Gasteiger partial charge is 0.481 e. The normalized spacial score (nSPS) is 10.8. The molecule has 0 bridgehead atoms. The van der Waals surface area contributed by atoms with E-state index in [1.54, 1.807) is 0 Å². The van der Waals surface area contributed by atoms with Gasteiger partial charge in [-0.1, -0.05) is 117 Å². The number of carbonyl (C=O) groups is 1. The zero-order valence-corrected chi connectivity index (χ0v) is 18.4. The van der Waals surface area contributed by atoms with Crippen LogP contribution >= 0.6 is 0 Å². The molecule has 0 aliphatic heterocycles. The SMILES string of the molecule is O=C(O)CCCCCCCCCCc1ccc(-c2ccc(-c3ccccc3)cc2)cc1. The summed E-state index contributed by atoms with van der Waals surface area (Å²) in [5.41, 5.74) is 6.45. The first kappa shape index (κ1) is 22.8. The lowest BCUT2D eigenvalue weighted by atomic mass is 9.98. The van der Waals surface area contributed by atoms with E-state index in [4.69, 9.17) is 5.11 Å². The van der Waals surface area contributed by atoms with Gasteiger partial charge in [0, 0.05) is 6.42 Å². The van der Waals surface area contributed by atoms with E-state index in [1.165, 1.54) is 66.3 Å². The zero-order valence-electron chi connectivity index (χ0n) is 18.4. The van der Waals surface area contributed by atoms with Gasteiger partial charge in [0.15, 0.2) is 0 Å². The number of carboxylic acid groups (broad SMARTS) is 1. The van der Waals surface area contributed by atoms with Crippen molar-refractivity contribution >= 4 is 5.97 Å². The number of rotatable bonds is 13. The molecule has 0 saturated carbocycles. The molecular weight excluding hydrogens is 380 g/mol. The second-order valence-corrected chi connectivity index (χ2v) is 8.36. The predicted octanol–water partition coefficient (Wildman–Crippen LogP) is 8.16. The summed E-state index contributed by atoms with van der Waals surface area (Å²) in [6.45, 7) is 0. The van der Waals surface area contributed by atoms with Crippen LogP contribution in [0.5, 0.6) is 0 Å². The van der Waals surface area contributed by atoms with Crippen molar-refractivity contribution in [1.82, 2.24) is 0 Å². The summed E-state index contributed by atoms with van der Waals surface area (Å²) in [6, 6.07) is 28.3. The zero-order chi connectivity index (χ0) is 21.7. The molecule has 2 heteroatoms. The smallest absolute Gasteiger partial charge is 0.303 e. The number of unbranched alkanes of at least 4 members (excludes halogenated alkanes) is 7. The van der Waals surface area contributed by atoms with Gasteiger partial charge in [-0.05, 0) is 47.1 Å². The van der Waals surface area contributed by atoms with E-state index in [0.717, 1.165) is 19.3 Å². The van der Waals surface area contributed by atoms with Gasteiger partial charge < -0.3 is 5.11 Å². The van der Waals surface area contributed by atoms with Gasteiger partial charge in [-0.3, -0.25) is 4.79 Å². The van der Waals surface area contributed by atoms with Crippen molar-refractivity contribution < 1.29 is 9.90 Å². The molecule has 2 nitrogen and oxygen atoms in total. The van der Waals surface area contributed by atoms with Gasteiger partial charge in [-0.15, -0.1) is 0 Å². The predicted molar refractivity (Wildman–Crippen MR) is 130 cm³/mol. The molecular formula is C29H34O2. The van der Waals surface area contributed by atoms with Crippen LogP contribution in [0.1, 0.15) is 63.4 Å². The summed E-state index contributed by atoms with van der Waals surface area (Å²) in [7, 11) is 0. The van der Waals surface area contributed by atoms with Gasteiger partial charge in [0.25, 0.3) is 0 Å². The Morgan fingerprint density at radius 3 is 1.45 bits per heavy atom. The highest BCUT2D eigenvalue weighted by Gasteiger charge is 2.01. The second-order valence-electron chi connectivity index (χ2n) is 8.36. The molecule has 0 radical (unpaired) electrons. The van der Waals surface area contributed by atoms with Crippen LogP contribution in [0.15, 0.2) is 78.9 Å². The van der Waals surface area contributed by atoms with Crippen molar-refractivity contribution in [2.45, 2.75) is 64.2 Å². The first-order valence-electron chi connectivity index (χ1n) is 11.7. The van der Waals surface area contributed by atoms with Crippen LogP contribution in [-0.2, 0) is 11.2 Å². The summed E-state index contributed by atoms with van der Waals surface area (Å²) in [5, 5.41) is 8.63. The minimum absolute atomic E-state index is 0.317. The van der Waals surface area contributed by atoms with Crippen LogP contribution in [-0.4, -0.2) is 11.1 Å². The van der Waals surface area contributed by atoms with E-state index in [1.807, 2.05) is 6.07 Å². The number of benzene rings is 3. The fraction of sp³-hybridized carbons (Fsp3) is 0.345. The highest BCUT2D eigenvalue weighted by atomic mass is 16.4. The molecule has 3 aromatic carbocycles. The molecule has 3 rings (SSSR count). The van der Waals surface area contributed by atoms with Crippen LogP contribution in [0.3, 0.4) is 0 Å². The van der Waals surface area contributed by atoms with Gasteiger partial charge in [-0.25, -0.2) is 0 Å². The molecule has 0 fully saturated rings. The summed E-state index contributed by atoms with van der Waals surface area (Å²) in [5.74, 6) is -0.672. The van der Waals surface area contributed by atoms with E-state index in [-0.39, 0.29) is 0 Å². The average molecular weight is 415 g/mol. The summed E-state index contributed by atoms with van der Waals surface area (Å²) in [6.07, 6.45) is 10.8. The number of carboxylic acids is 1. The van der Waals surface area contributed by atoms with Gasteiger partial charge in [0.05, 0.1) is 0 Å². The molecule has 0 aliphatic rings. The van der Waals surface area contributed by atoms with E-state index >= 15 is 0 Å². The fourth-order valence-electron chi connectivity index (χ4n) is 4.02. The number of aliphatic carboxylic acids is 1. The van der Waals surface area contributed by atoms with E-state index in [9.17, 15) is 4.79 Å². The Kier molecular flexibility index (Phi) is 9.37. The Bertz CT molecular complexity index is 896. The lowest BCUT2D eigenvalue weighted by Gasteiger charge is -2.07. The summed E-state index contributed by atoms with van der Waals surface area (Å²) >= 11 is 0. The van der Waals surface area contributed by atoms with Crippen LogP contribution in [0, 0.1) is 0 Å². The van der Waals surface area contributed by atoms with E-state index in [2.05, 4.69) is 72.8 Å². The molecule has 162 valence electrons. The monoisotopic (exact) mass is 414 g/mol. The minimum atomic E-state index is -0.672. The molecule has 1 N–H and O–H groups in total. The maximum atomic E-state index is 10.5. The van der Waals surface area contributed by atoms with Crippen molar-refractivity contribution in [3.8, 4) is 22.3 Å². The molecule has 0 atom stereocenters. The van der Waals surface area contributed by atoms with E-state index in [0.29, 0.717) is 6.42 Å². The molecule has 31 heavy (non-hydrogen) atoms. The number of hydrogen-bond donors (Lipinski definition) is 1. The van der Waals surface area contributed by atoms with Crippen LogP contribution in [0.2, 0.25) is 0 Å². The lowest BCUT2D eigenvalue weighted by molar-refractivity contribution is -0.137. The first-order chi connectivity index (χ1) is 15.2. The Morgan fingerprint density at radius 1 is 0.516 bits per heavy atom. The molecule has 0 amide bonds. The van der Waals surface area contributed by atoms with Crippen molar-refractivity contribution in [2.75, 3.05) is 0 Å². The topological polar surface area (TPSA) is 37.3 Å². The Labute approximate surface area is 187 Å².